The number of esters is 1. The third kappa shape index (κ3) is 27.3. The lowest BCUT2D eigenvalue weighted by Gasteiger charge is -2.13. The second-order valence-electron chi connectivity index (χ2n) is 29.3. The van der Waals surface area contributed by atoms with E-state index < -0.39 is 0 Å². The Kier molecular flexibility index (Phi) is 29.8. The van der Waals surface area contributed by atoms with E-state index in [-0.39, 0.29) is 5.97 Å². The standard InChI is InChI=1S/C26H26N6O2.C25H26N6.C24H24N6.C23H21ClN6/c1-4-34-23(33)19-9-15-22(16-10-19)29-26-31-24(27-20-11-5-17(2)6-12-20)30-25(32-26)28-21-13-7-18(3)8-14-21;1-4-19-7-5-6-8-22(19)28-25-30-23(26-20-13-9-17(2)10-14-20)29-24(31-25)27-21-15-11-18(3)12-16-21;1-16-7-11-19(12-8-16)25-22-28-23(26-20-13-9-17(2)10-14-20)30-24(29-22)27-21-6-4-5-18(3)15-21;1-15-7-11-17(12-8-15)25-21-28-22(26-18-13-9-16(2)10-14-18)30-23(29-21)27-20-6-4-3-5-19(20)24/h5-16H,4H2,1-3H3,(H3,27,28,29,30,31,32);5-16H,4H2,1-3H3,(H3,26,27,28,29,30,31);4-15H,1-3H3,(H3,25,26,27,28,29,30);3-14H,1-2H3,(H3,25,26,27,28,29,30). The third-order valence-electron chi connectivity index (χ3n) is 18.7. The number of ether oxygens (including phenoxy) is 1. The zero-order valence-electron chi connectivity index (χ0n) is 71.2. The van der Waals surface area contributed by atoms with Crippen molar-refractivity contribution >= 4 is 157 Å². The number of rotatable bonds is 27. The van der Waals surface area contributed by atoms with Crippen LogP contribution in [0.3, 0.4) is 0 Å². The van der Waals surface area contributed by atoms with Gasteiger partial charge in [0.25, 0.3) is 0 Å². The van der Waals surface area contributed by atoms with Crippen molar-refractivity contribution in [1.29, 1.82) is 0 Å². The molecule has 0 radical (unpaired) electrons. The van der Waals surface area contributed by atoms with E-state index in [1.807, 2.05) is 295 Å². The minimum Gasteiger partial charge on any atom is -0.462 e. The van der Waals surface area contributed by atoms with Crippen LogP contribution in [0.1, 0.15) is 79.8 Å². The number of carbonyl (C=O) groups excluding carboxylic acids is 1. The number of carbonyl (C=O) groups is 1. The maximum absolute atomic E-state index is 11.9. The first kappa shape index (κ1) is 86.9. The molecule has 0 bridgehead atoms. The van der Waals surface area contributed by atoms with Crippen LogP contribution >= 0.6 is 11.6 Å². The van der Waals surface area contributed by atoms with Crippen molar-refractivity contribution in [2.24, 2.45) is 0 Å². The molecule has 12 N–H and O–H groups in total. The van der Waals surface area contributed by atoms with Gasteiger partial charge in [-0.1, -0.05) is 203 Å². The van der Waals surface area contributed by atoms with E-state index >= 15 is 0 Å². The average Bonchev–Trinajstić information content (AvgIpc) is 0.841. The first-order chi connectivity index (χ1) is 60.6. The molecule has 0 amide bonds. The van der Waals surface area contributed by atoms with E-state index in [1.165, 1.54) is 38.9 Å². The van der Waals surface area contributed by atoms with Crippen molar-refractivity contribution in [3.63, 3.8) is 0 Å². The number of para-hydroxylation sites is 2. The summed E-state index contributed by atoms with van der Waals surface area (Å²) in [5.41, 5.74) is 22.8. The summed E-state index contributed by atoms with van der Waals surface area (Å²) < 4.78 is 5.04. The highest BCUT2D eigenvalue weighted by Crippen LogP contribution is 2.31. The molecule has 0 spiro atoms. The van der Waals surface area contributed by atoms with Crippen molar-refractivity contribution in [2.45, 2.75) is 82.6 Å². The second kappa shape index (κ2) is 42.8. The maximum atomic E-state index is 11.9. The minimum atomic E-state index is -0.358. The summed E-state index contributed by atoms with van der Waals surface area (Å²) in [6.07, 6.45) is 0.914. The van der Waals surface area contributed by atoms with Crippen LogP contribution in [0.2, 0.25) is 5.02 Å². The number of hydrogen-bond acceptors (Lipinski definition) is 26. The average molecular weight is 1680 g/mol. The molecule has 16 aromatic rings. The van der Waals surface area contributed by atoms with Gasteiger partial charge < -0.3 is 68.5 Å². The number of benzene rings is 12. The summed E-state index contributed by atoms with van der Waals surface area (Å²) >= 11 is 6.28. The van der Waals surface area contributed by atoms with Crippen LogP contribution in [0.4, 0.5) is 140 Å². The Hall–Kier alpha value is -16.0. The van der Waals surface area contributed by atoms with Crippen molar-refractivity contribution in [2.75, 3.05) is 70.4 Å². The normalized spacial score (nSPS) is 10.5. The molecule has 4 heterocycles. The first-order valence-electron chi connectivity index (χ1n) is 40.6. The maximum Gasteiger partial charge on any atom is 0.338 e. The lowest BCUT2D eigenvalue weighted by Crippen LogP contribution is -2.08. The highest BCUT2D eigenvalue weighted by molar-refractivity contribution is 6.33. The highest BCUT2D eigenvalue weighted by Gasteiger charge is 2.17. The molecule has 0 aliphatic carbocycles. The van der Waals surface area contributed by atoms with Crippen LogP contribution in [0.15, 0.2) is 291 Å². The summed E-state index contributed by atoms with van der Waals surface area (Å²) in [5.74, 6) is 4.75. The summed E-state index contributed by atoms with van der Waals surface area (Å²) in [7, 11) is 0. The molecule has 4 aromatic heterocycles. The van der Waals surface area contributed by atoms with E-state index in [9.17, 15) is 4.79 Å². The molecular formula is C98H97ClN24O2. The van der Waals surface area contributed by atoms with Gasteiger partial charge in [0.15, 0.2) is 0 Å². The summed E-state index contributed by atoms with van der Waals surface area (Å²) in [6.45, 7) is 22.7. The van der Waals surface area contributed by atoms with Crippen LogP contribution in [0.25, 0.3) is 0 Å². The van der Waals surface area contributed by atoms with Gasteiger partial charge in [-0.3, -0.25) is 0 Å². The van der Waals surface area contributed by atoms with Gasteiger partial charge in [0, 0.05) is 62.6 Å². The Bertz CT molecular complexity index is 5960. The molecule has 0 atom stereocenters. The Labute approximate surface area is 732 Å². The first-order valence-corrected chi connectivity index (χ1v) is 41.0. The van der Waals surface area contributed by atoms with E-state index in [1.54, 1.807) is 31.2 Å². The molecule has 27 heteroatoms. The largest absolute Gasteiger partial charge is 0.462 e. The smallest absolute Gasteiger partial charge is 0.338 e. The summed E-state index contributed by atoms with van der Waals surface area (Å²) in [4.78, 5) is 66.4. The van der Waals surface area contributed by atoms with Crippen LogP contribution in [-0.2, 0) is 11.2 Å². The number of nitrogens with one attached hydrogen (secondary N) is 12. The Morgan fingerprint density at radius 1 is 0.240 bits per heavy atom. The van der Waals surface area contributed by atoms with Gasteiger partial charge in [-0.05, 0) is 238 Å². The molecule has 0 aliphatic rings. The van der Waals surface area contributed by atoms with Crippen molar-refractivity contribution in [1.82, 2.24) is 59.8 Å². The molecule has 0 aliphatic heterocycles. The van der Waals surface area contributed by atoms with Crippen LogP contribution < -0.4 is 63.8 Å². The Morgan fingerprint density at radius 2 is 0.464 bits per heavy atom. The second-order valence-corrected chi connectivity index (χ2v) is 29.7. The number of nitrogens with zero attached hydrogens (tertiary/aromatic N) is 12. The minimum absolute atomic E-state index is 0.331. The number of aryl methyl sites for hydroxylation is 10. The third-order valence-corrected chi connectivity index (χ3v) is 19.0. The molecule has 0 fully saturated rings. The van der Waals surface area contributed by atoms with Crippen LogP contribution in [0.5, 0.6) is 0 Å². The van der Waals surface area contributed by atoms with Crippen LogP contribution in [-0.4, -0.2) is 72.4 Å². The van der Waals surface area contributed by atoms with Gasteiger partial charge in [0.1, 0.15) is 0 Å². The fourth-order valence-corrected chi connectivity index (χ4v) is 12.1. The van der Waals surface area contributed by atoms with Gasteiger partial charge in [-0.25, -0.2) is 4.79 Å². The lowest BCUT2D eigenvalue weighted by molar-refractivity contribution is 0.0526. The van der Waals surface area contributed by atoms with Crippen molar-refractivity contribution < 1.29 is 9.53 Å². The lowest BCUT2D eigenvalue weighted by atomic mass is 10.1. The molecule has 26 nitrogen and oxygen atoms in total. The predicted molar refractivity (Wildman–Crippen MR) is 509 cm³/mol. The summed E-state index contributed by atoms with van der Waals surface area (Å²) in [6, 6.07) is 94.9. The van der Waals surface area contributed by atoms with E-state index in [2.05, 4.69) is 164 Å². The van der Waals surface area contributed by atoms with Crippen LogP contribution in [0, 0.1) is 62.3 Å². The quantitative estimate of drug-likeness (QED) is 0.0213. The zero-order valence-corrected chi connectivity index (χ0v) is 71.9. The molecule has 628 valence electrons. The van der Waals surface area contributed by atoms with E-state index in [0.717, 1.165) is 85.7 Å². The summed E-state index contributed by atoms with van der Waals surface area (Å²) in [5, 5.41) is 39.6. The molecule has 12 aromatic carbocycles. The van der Waals surface area contributed by atoms with Gasteiger partial charge in [-0.15, -0.1) is 0 Å². The number of aromatic nitrogens is 12. The molecule has 0 unspecified atom stereocenters. The van der Waals surface area contributed by atoms with E-state index in [0.29, 0.717) is 94.3 Å². The fourth-order valence-electron chi connectivity index (χ4n) is 11.9. The molecule has 0 saturated carbocycles. The topological polar surface area (TPSA) is 325 Å². The van der Waals surface area contributed by atoms with Gasteiger partial charge in [0.05, 0.1) is 22.9 Å². The predicted octanol–water partition coefficient (Wildman–Crippen LogP) is 24.6. The van der Waals surface area contributed by atoms with Crippen molar-refractivity contribution in [3.05, 3.63) is 357 Å². The Morgan fingerprint density at radius 3 is 0.712 bits per heavy atom. The molecule has 0 saturated heterocycles. The van der Waals surface area contributed by atoms with Gasteiger partial charge in [0.2, 0.25) is 71.4 Å². The Balaban J connectivity index is 0.000000143. The number of anilines is 24. The number of halogens is 1. The van der Waals surface area contributed by atoms with Gasteiger partial charge in [-0.2, -0.15) is 59.8 Å². The highest BCUT2D eigenvalue weighted by atomic mass is 35.5. The van der Waals surface area contributed by atoms with E-state index in [4.69, 9.17) is 16.3 Å². The fraction of sp³-hybridized carbons (Fsp3) is 0.133. The zero-order chi connectivity index (χ0) is 87.4. The molecule has 16 rings (SSSR count). The molecular weight excluding hydrogens is 1580 g/mol. The SMILES string of the molecule is CCOC(=O)c1ccc(Nc2nc(Nc3ccc(C)cc3)nc(Nc3ccc(C)cc3)n2)cc1.CCc1ccccc1Nc1nc(Nc2ccc(C)cc2)nc(Nc2ccc(C)cc2)n1.Cc1ccc(Nc2nc(Nc3ccc(C)cc3)nc(Nc3cccc(C)c3)n2)cc1.Cc1ccc(Nc2nc(Nc3ccc(C)cc3)nc(Nc3ccccc3Cl)n2)cc1. The monoisotopic (exact) mass is 1680 g/mol. The van der Waals surface area contributed by atoms with Crippen molar-refractivity contribution in [3.8, 4) is 0 Å². The van der Waals surface area contributed by atoms with Gasteiger partial charge >= 0.3 is 5.97 Å². The number of hydrogen-bond donors (Lipinski definition) is 12. The molecule has 125 heavy (non-hydrogen) atoms.